The average Bonchev–Trinajstić information content (AvgIpc) is 2.71. The van der Waals surface area contributed by atoms with E-state index in [9.17, 15) is 22.0 Å². The summed E-state index contributed by atoms with van der Waals surface area (Å²) in [5.41, 5.74) is -0.483. The molecule has 0 amide bonds. The Labute approximate surface area is 167 Å². The largest absolute Gasteiger partial charge is 0.432 e. The van der Waals surface area contributed by atoms with Crippen LogP contribution in [0.25, 0.3) is 0 Å². The summed E-state index contributed by atoms with van der Waals surface area (Å²) in [6, 6.07) is 0.462. The normalized spacial score (nSPS) is 28.4. The lowest BCUT2D eigenvalue weighted by molar-refractivity contribution is -0.248. The van der Waals surface area contributed by atoms with Crippen LogP contribution in [-0.2, 0) is 9.47 Å². The van der Waals surface area contributed by atoms with Crippen LogP contribution in [0, 0.1) is 42.1 Å². The van der Waals surface area contributed by atoms with Gasteiger partial charge in [-0.3, -0.25) is 0 Å². The van der Waals surface area contributed by atoms with E-state index in [1.54, 1.807) is 0 Å². The van der Waals surface area contributed by atoms with Crippen molar-refractivity contribution in [2.24, 2.45) is 17.8 Å². The minimum absolute atomic E-state index is 0.0343. The van der Waals surface area contributed by atoms with E-state index < -0.39 is 40.8 Å². The fourth-order valence-electron chi connectivity index (χ4n) is 4.13. The molecule has 0 aromatic heterocycles. The van der Waals surface area contributed by atoms with Gasteiger partial charge >= 0.3 is 6.11 Å². The van der Waals surface area contributed by atoms with E-state index in [0.29, 0.717) is 38.0 Å². The first-order chi connectivity index (χ1) is 13.7. The fourth-order valence-corrected chi connectivity index (χ4v) is 4.13. The van der Waals surface area contributed by atoms with E-state index in [0.717, 1.165) is 19.8 Å². The highest BCUT2D eigenvalue weighted by Gasteiger charge is 2.46. The van der Waals surface area contributed by atoms with E-state index in [1.807, 2.05) is 0 Å². The predicted octanol–water partition coefficient (Wildman–Crippen LogP) is 5.98. The quantitative estimate of drug-likeness (QED) is 0.417. The molecule has 2 fully saturated rings. The molecule has 1 aliphatic heterocycles. The highest BCUT2D eigenvalue weighted by atomic mass is 19.3. The zero-order chi connectivity index (χ0) is 21.2. The summed E-state index contributed by atoms with van der Waals surface area (Å²) in [6.07, 6.45) is -0.588. The third kappa shape index (κ3) is 5.02. The molecule has 1 saturated carbocycles. The van der Waals surface area contributed by atoms with E-state index in [-0.39, 0.29) is 25.0 Å². The van der Waals surface area contributed by atoms with Gasteiger partial charge in [-0.1, -0.05) is 13.3 Å². The van der Waals surface area contributed by atoms with Crippen LogP contribution in [-0.4, -0.2) is 25.6 Å². The minimum Gasteiger partial charge on any atom is -0.432 e. The van der Waals surface area contributed by atoms with Crippen LogP contribution in [0.15, 0.2) is 6.07 Å². The van der Waals surface area contributed by atoms with Crippen LogP contribution in [0.1, 0.15) is 51.0 Å². The van der Waals surface area contributed by atoms with Crippen LogP contribution < -0.4 is 4.74 Å². The molecule has 3 nitrogen and oxygen atoms in total. The number of ether oxygens (including phenoxy) is 3. The molecule has 1 heterocycles. The van der Waals surface area contributed by atoms with Gasteiger partial charge in [0.1, 0.15) is 5.75 Å². The third-order valence-electron chi connectivity index (χ3n) is 5.93. The molecule has 1 saturated heterocycles. The Balaban J connectivity index is 1.56. The summed E-state index contributed by atoms with van der Waals surface area (Å²) < 4.78 is 85.8. The van der Waals surface area contributed by atoms with Crippen molar-refractivity contribution in [2.75, 3.05) is 13.2 Å². The molecule has 0 bridgehead atoms. The number of alkyl halides is 2. The molecular weight excluding hydrogens is 395 g/mol. The van der Waals surface area contributed by atoms with Gasteiger partial charge in [0.05, 0.1) is 19.1 Å². The molecular formula is C21H27F5O3. The van der Waals surface area contributed by atoms with Gasteiger partial charge < -0.3 is 14.2 Å². The van der Waals surface area contributed by atoms with Crippen molar-refractivity contribution in [3.05, 3.63) is 29.1 Å². The van der Waals surface area contributed by atoms with Gasteiger partial charge in [0, 0.05) is 23.5 Å². The van der Waals surface area contributed by atoms with Gasteiger partial charge in [-0.05, 0) is 39.0 Å². The standard InChI is InChI=1S/C21H27F5O3/c1-3-4-13-10-27-20(28-11-13)14-5-7-15(8-6-14)21(25,26)29-17-9-16(22)19(24)18(23)12(17)2/h9,13-15,20H,3-8,10-11H2,1-2H3. The molecule has 0 radical (unpaired) electrons. The molecule has 1 aromatic carbocycles. The molecule has 0 atom stereocenters. The summed E-state index contributed by atoms with van der Waals surface area (Å²) in [5, 5.41) is 0. The Morgan fingerprint density at radius 2 is 1.66 bits per heavy atom. The summed E-state index contributed by atoms with van der Waals surface area (Å²) >= 11 is 0. The Hall–Kier alpha value is -1.41. The minimum atomic E-state index is -3.62. The van der Waals surface area contributed by atoms with E-state index in [2.05, 4.69) is 11.7 Å². The van der Waals surface area contributed by atoms with E-state index in [4.69, 9.17) is 9.47 Å². The lowest BCUT2D eigenvalue weighted by Gasteiger charge is -2.39. The first-order valence-electron chi connectivity index (χ1n) is 10.2. The second-order valence-corrected chi connectivity index (χ2v) is 8.07. The number of hydrogen-bond acceptors (Lipinski definition) is 3. The summed E-state index contributed by atoms with van der Waals surface area (Å²) in [5.74, 6) is -6.16. The first kappa shape index (κ1) is 22.3. The second kappa shape index (κ2) is 9.16. The number of benzene rings is 1. The smallest absolute Gasteiger partial charge is 0.400 e. The zero-order valence-corrected chi connectivity index (χ0v) is 16.7. The van der Waals surface area contributed by atoms with Crippen LogP contribution in [0.4, 0.5) is 22.0 Å². The van der Waals surface area contributed by atoms with Gasteiger partial charge in [-0.15, -0.1) is 0 Å². The van der Waals surface area contributed by atoms with Crippen molar-refractivity contribution in [3.8, 4) is 5.75 Å². The summed E-state index contributed by atoms with van der Waals surface area (Å²) in [7, 11) is 0. The Morgan fingerprint density at radius 3 is 2.24 bits per heavy atom. The lowest BCUT2D eigenvalue weighted by Crippen LogP contribution is -2.42. The molecule has 1 aliphatic carbocycles. The molecule has 0 spiro atoms. The van der Waals surface area contributed by atoms with Crippen LogP contribution in [0.5, 0.6) is 5.75 Å². The summed E-state index contributed by atoms with van der Waals surface area (Å²) in [4.78, 5) is 0. The molecule has 3 rings (SSSR count). The van der Waals surface area contributed by atoms with Crippen molar-refractivity contribution in [1.29, 1.82) is 0 Å². The number of rotatable bonds is 6. The molecule has 0 N–H and O–H groups in total. The highest BCUT2D eigenvalue weighted by molar-refractivity contribution is 5.35. The monoisotopic (exact) mass is 422 g/mol. The van der Waals surface area contributed by atoms with Gasteiger partial charge in [-0.2, -0.15) is 8.78 Å². The Kier molecular flexibility index (Phi) is 7.04. The average molecular weight is 422 g/mol. The topological polar surface area (TPSA) is 27.7 Å². The number of halogens is 5. The molecule has 1 aromatic rings. The van der Waals surface area contributed by atoms with E-state index >= 15 is 0 Å². The predicted molar refractivity (Wildman–Crippen MR) is 96.2 cm³/mol. The van der Waals surface area contributed by atoms with Crippen molar-refractivity contribution >= 4 is 0 Å². The maximum Gasteiger partial charge on any atom is 0.400 e. The van der Waals surface area contributed by atoms with E-state index in [1.165, 1.54) is 0 Å². The third-order valence-corrected chi connectivity index (χ3v) is 5.93. The zero-order valence-electron chi connectivity index (χ0n) is 16.7. The maximum absolute atomic E-state index is 14.6. The molecule has 0 unspecified atom stereocenters. The fraction of sp³-hybridized carbons (Fsp3) is 0.714. The molecule has 8 heteroatoms. The SMILES string of the molecule is CCCC1COC(C2CCC(C(F)(F)Oc3cc(F)c(F)c(F)c3C)CC2)OC1. The van der Waals surface area contributed by atoms with Crippen molar-refractivity contribution < 1.29 is 36.2 Å². The second-order valence-electron chi connectivity index (χ2n) is 8.07. The highest BCUT2D eigenvalue weighted by Crippen LogP contribution is 2.43. The van der Waals surface area contributed by atoms with Crippen LogP contribution in [0.3, 0.4) is 0 Å². The summed E-state index contributed by atoms with van der Waals surface area (Å²) in [6.45, 7) is 4.42. The van der Waals surface area contributed by atoms with Gasteiger partial charge in [0.25, 0.3) is 0 Å². The van der Waals surface area contributed by atoms with Crippen LogP contribution in [0.2, 0.25) is 0 Å². The molecule has 164 valence electrons. The molecule has 29 heavy (non-hydrogen) atoms. The van der Waals surface area contributed by atoms with Crippen LogP contribution >= 0.6 is 0 Å². The number of hydrogen-bond donors (Lipinski definition) is 0. The Bertz CT molecular complexity index is 696. The van der Waals surface area contributed by atoms with Crippen molar-refractivity contribution in [3.63, 3.8) is 0 Å². The van der Waals surface area contributed by atoms with Gasteiger partial charge in [0.15, 0.2) is 23.7 Å². The maximum atomic E-state index is 14.6. The molecule has 2 aliphatic rings. The van der Waals surface area contributed by atoms with Gasteiger partial charge in [-0.25, -0.2) is 13.2 Å². The lowest BCUT2D eigenvalue weighted by atomic mass is 9.80. The Morgan fingerprint density at radius 1 is 1.03 bits per heavy atom. The van der Waals surface area contributed by atoms with Crippen molar-refractivity contribution in [1.82, 2.24) is 0 Å². The van der Waals surface area contributed by atoms with Crippen molar-refractivity contribution in [2.45, 2.75) is 64.8 Å². The first-order valence-corrected chi connectivity index (χ1v) is 10.2. The van der Waals surface area contributed by atoms with Gasteiger partial charge in [0.2, 0.25) is 0 Å².